The number of rotatable bonds is 4. The molecular formula is C24H25ClN2O4. The lowest BCUT2D eigenvalue weighted by Crippen LogP contribution is -2.45. The van der Waals surface area contributed by atoms with Crippen LogP contribution in [0.2, 0.25) is 5.02 Å². The van der Waals surface area contributed by atoms with Gasteiger partial charge in [0.25, 0.3) is 0 Å². The first-order chi connectivity index (χ1) is 14.9. The number of fused-ring (bicyclic) bond motifs is 1. The predicted octanol–water partition coefficient (Wildman–Crippen LogP) is 3.97. The molecule has 0 unspecified atom stereocenters. The first kappa shape index (κ1) is 22.7. The zero-order chi connectivity index (χ0) is 22.2. The second-order valence-electron chi connectivity index (χ2n) is 7.43. The summed E-state index contributed by atoms with van der Waals surface area (Å²) in [5, 5.41) is 18.3. The first-order valence-electron chi connectivity index (χ1n) is 10.0. The van der Waals surface area contributed by atoms with E-state index in [9.17, 15) is 0 Å². The third kappa shape index (κ3) is 6.79. The highest BCUT2D eigenvalue weighted by Crippen LogP contribution is 2.21. The lowest BCUT2D eigenvalue weighted by atomic mass is 10.0. The van der Waals surface area contributed by atoms with Crippen LogP contribution < -0.4 is 0 Å². The number of halogens is 1. The molecule has 0 bridgehead atoms. The Labute approximate surface area is 186 Å². The molecule has 0 aromatic heterocycles. The predicted molar refractivity (Wildman–Crippen MR) is 121 cm³/mol. The topological polar surface area (TPSA) is 81.1 Å². The Kier molecular flexibility index (Phi) is 8.00. The summed E-state index contributed by atoms with van der Waals surface area (Å²) in [7, 11) is 0. The summed E-state index contributed by atoms with van der Waals surface area (Å²) in [5.41, 5.74) is 2.77. The number of benzene rings is 3. The standard InChI is InChI=1S/C22H23ClN2.C2H2O4/c23-21-10-8-18(9-11-21)16-24-12-14-25(15-13-24)17-20-6-3-5-19-4-1-2-7-22(19)20;3-1(4)2(5)6/h1-11H,12-17H2;(H,3,4)(H,5,6). The molecule has 4 rings (SSSR count). The summed E-state index contributed by atoms with van der Waals surface area (Å²) >= 11 is 5.97. The molecular weight excluding hydrogens is 416 g/mol. The second-order valence-corrected chi connectivity index (χ2v) is 7.86. The number of carboxylic acids is 2. The van der Waals surface area contributed by atoms with Crippen molar-refractivity contribution in [3.63, 3.8) is 0 Å². The maximum atomic E-state index is 9.10. The van der Waals surface area contributed by atoms with Gasteiger partial charge in [0.2, 0.25) is 0 Å². The smallest absolute Gasteiger partial charge is 0.414 e. The first-order valence-corrected chi connectivity index (χ1v) is 10.4. The monoisotopic (exact) mass is 440 g/mol. The van der Waals surface area contributed by atoms with E-state index >= 15 is 0 Å². The van der Waals surface area contributed by atoms with Gasteiger partial charge in [-0.25, -0.2) is 9.59 Å². The molecule has 2 N–H and O–H groups in total. The van der Waals surface area contributed by atoms with Crippen molar-refractivity contribution in [3.05, 3.63) is 82.9 Å². The van der Waals surface area contributed by atoms with Crippen LogP contribution in [0.1, 0.15) is 11.1 Å². The van der Waals surface area contributed by atoms with Crippen LogP contribution in [0.4, 0.5) is 0 Å². The number of hydrogen-bond acceptors (Lipinski definition) is 4. The van der Waals surface area contributed by atoms with Crippen LogP contribution in [-0.2, 0) is 22.7 Å². The van der Waals surface area contributed by atoms with Gasteiger partial charge >= 0.3 is 11.9 Å². The molecule has 0 spiro atoms. The van der Waals surface area contributed by atoms with Gasteiger partial charge in [-0.15, -0.1) is 0 Å². The SMILES string of the molecule is Clc1ccc(CN2CCN(Cc3cccc4ccccc34)CC2)cc1.O=C(O)C(=O)O. The fraction of sp³-hybridized carbons (Fsp3) is 0.250. The van der Waals surface area contributed by atoms with Crippen molar-refractivity contribution in [2.24, 2.45) is 0 Å². The summed E-state index contributed by atoms with van der Waals surface area (Å²) in [6.07, 6.45) is 0. The molecule has 3 aromatic carbocycles. The number of carboxylic acid groups (broad SMARTS) is 2. The molecule has 6 nitrogen and oxygen atoms in total. The average Bonchev–Trinajstić information content (AvgIpc) is 2.77. The maximum absolute atomic E-state index is 9.10. The Morgan fingerprint density at radius 3 is 1.90 bits per heavy atom. The number of hydrogen-bond donors (Lipinski definition) is 2. The molecule has 0 radical (unpaired) electrons. The molecule has 1 heterocycles. The fourth-order valence-electron chi connectivity index (χ4n) is 3.62. The highest BCUT2D eigenvalue weighted by atomic mass is 35.5. The molecule has 1 aliphatic rings. The van der Waals surface area contributed by atoms with Crippen molar-refractivity contribution in [1.82, 2.24) is 9.80 Å². The third-order valence-corrected chi connectivity index (χ3v) is 5.49. The van der Waals surface area contributed by atoms with Crippen LogP contribution in [-0.4, -0.2) is 58.1 Å². The van der Waals surface area contributed by atoms with E-state index in [0.29, 0.717) is 0 Å². The van der Waals surface area contributed by atoms with E-state index in [1.807, 2.05) is 12.1 Å². The van der Waals surface area contributed by atoms with Crippen LogP contribution in [0.15, 0.2) is 66.7 Å². The number of carbonyl (C=O) groups is 2. The van der Waals surface area contributed by atoms with E-state index in [1.54, 1.807) is 0 Å². The maximum Gasteiger partial charge on any atom is 0.414 e. The third-order valence-electron chi connectivity index (χ3n) is 5.24. The van der Waals surface area contributed by atoms with Crippen molar-refractivity contribution in [2.75, 3.05) is 26.2 Å². The van der Waals surface area contributed by atoms with Gasteiger partial charge in [0.1, 0.15) is 0 Å². The Morgan fingerprint density at radius 2 is 1.29 bits per heavy atom. The van der Waals surface area contributed by atoms with Crippen molar-refractivity contribution in [3.8, 4) is 0 Å². The minimum Gasteiger partial charge on any atom is -0.473 e. The van der Waals surface area contributed by atoms with Gasteiger partial charge in [-0.2, -0.15) is 0 Å². The van der Waals surface area contributed by atoms with E-state index in [-0.39, 0.29) is 0 Å². The minimum absolute atomic E-state index is 0.809. The normalized spacial score (nSPS) is 14.6. The quantitative estimate of drug-likeness (QED) is 0.597. The Balaban J connectivity index is 0.000000401. The summed E-state index contributed by atoms with van der Waals surface area (Å²) in [5.74, 6) is -3.65. The molecule has 0 atom stereocenters. The van der Waals surface area contributed by atoms with E-state index in [1.165, 1.54) is 21.9 Å². The average molecular weight is 441 g/mol. The van der Waals surface area contributed by atoms with Crippen molar-refractivity contribution >= 4 is 34.3 Å². The van der Waals surface area contributed by atoms with Crippen molar-refractivity contribution in [1.29, 1.82) is 0 Å². The Morgan fingerprint density at radius 1 is 0.742 bits per heavy atom. The van der Waals surface area contributed by atoms with Gasteiger partial charge in [0.05, 0.1) is 0 Å². The van der Waals surface area contributed by atoms with Crippen LogP contribution in [0.3, 0.4) is 0 Å². The number of piperazine rings is 1. The molecule has 0 amide bonds. The van der Waals surface area contributed by atoms with Crippen LogP contribution in [0.5, 0.6) is 0 Å². The Hall–Kier alpha value is -2.93. The summed E-state index contributed by atoms with van der Waals surface area (Å²) in [4.78, 5) is 23.3. The minimum atomic E-state index is -1.82. The summed E-state index contributed by atoms with van der Waals surface area (Å²) < 4.78 is 0. The van der Waals surface area contributed by atoms with E-state index in [4.69, 9.17) is 31.4 Å². The van der Waals surface area contributed by atoms with E-state index in [2.05, 4.69) is 64.4 Å². The van der Waals surface area contributed by atoms with Crippen LogP contribution >= 0.6 is 11.6 Å². The van der Waals surface area contributed by atoms with Gasteiger partial charge in [-0.1, -0.05) is 66.2 Å². The molecule has 1 saturated heterocycles. The van der Waals surface area contributed by atoms with Gasteiger partial charge in [0, 0.05) is 44.3 Å². The second kappa shape index (κ2) is 10.9. The van der Waals surface area contributed by atoms with Crippen molar-refractivity contribution < 1.29 is 19.8 Å². The van der Waals surface area contributed by atoms with E-state index < -0.39 is 11.9 Å². The van der Waals surface area contributed by atoms with Crippen LogP contribution in [0.25, 0.3) is 10.8 Å². The Bertz CT molecular complexity index is 1010. The molecule has 1 aliphatic heterocycles. The molecule has 162 valence electrons. The lowest BCUT2D eigenvalue weighted by Gasteiger charge is -2.35. The molecule has 1 fully saturated rings. The van der Waals surface area contributed by atoms with Gasteiger partial charge in [0.15, 0.2) is 0 Å². The zero-order valence-corrected chi connectivity index (χ0v) is 17.8. The van der Waals surface area contributed by atoms with E-state index in [0.717, 1.165) is 44.3 Å². The highest BCUT2D eigenvalue weighted by molar-refractivity contribution is 6.30. The van der Waals surface area contributed by atoms with Crippen LogP contribution in [0, 0.1) is 0 Å². The summed E-state index contributed by atoms with van der Waals surface area (Å²) in [6, 6.07) is 23.5. The van der Waals surface area contributed by atoms with Gasteiger partial charge in [-0.05, 0) is 34.0 Å². The van der Waals surface area contributed by atoms with Crippen molar-refractivity contribution in [2.45, 2.75) is 13.1 Å². The number of aliphatic carboxylic acids is 2. The molecule has 0 aliphatic carbocycles. The molecule has 7 heteroatoms. The van der Waals surface area contributed by atoms with Gasteiger partial charge < -0.3 is 10.2 Å². The fourth-order valence-corrected chi connectivity index (χ4v) is 3.75. The zero-order valence-electron chi connectivity index (χ0n) is 17.1. The summed E-state index contributed by atoms with van der Waals surface area (Å²) in [6.45, 7) is 6.53. The highest BCUT2D eigenvalue weighted by Gasteiger charge is 2.17. The largest absolute Gasteiger partial charge is 0.473 e. The molecule has 0 saturated carbocycles. The lowest BCUT2D eigenvalue weighted by molar-refractivity contribution is -0.159. The van der Waals surface area contributed by atoms with Gasteiger partial charge in [-0.3, -0.25) is 9.80 Å². The number of nitrogens with zero attached hydrogens (tertiary/aromatic N) is 2. The molecule has 3 aromatic rings. The molecule has 31 heavy (non-hydrogen) atoms.